The van der Waals surface area contributed by atoms with E-state index in [1.54, 1.807) is 18.2 Å². The van der Waals surface area contributed by atoms with Gasteiger partial charge in [0.15, 0.2) is 9.84 Å². The molecule has 0 amide bonds. The van der Waals surface area contributed by atoms with Crippen LogP contribution < -0.4 is 0 Å². The summed E-state index contributed by atoms with van der Waals surface area (Å²) in [6.45, 7) is 1.46. The fourth-order valence-electron chi connectivity index (χ4n) is 1.88. The van der Waals surface area contributed by atoms with E-state index < -0.39 is 20.5 Å². The minimum Gasteiger partial charge on any atom is -0.259 e. The van der Waals surface area contributed by atoms with E-state index in [9.17, 15) is 18.5 Å². The Labute approximate surface area is 118 Å². The van der Waals surface area contributed by atoms with Gasteiger partial charge in [0, 0.05) is 10.0 Å². The van der Waals surface area contributed by atoms with Gasteiger partial charge in [0.1, 0.15) is 5.75 Å². The molecule has 1 heterocycles. The largest absolute Gasteiger partial charge is 0.265 e. The Morgan fingerprint density at radius 1 is 1.42 bits per heavy atom. The molecule has 0 aromatic heterocycles. The maximum atomic E-state index is 12.0. The molecule has 0 saturated heterocycles. The molecule has 100 valence electrons. The quantitative estimate of drug-likeness (QED) is 0.611. The number of sulfone groups is 1. The second kappa shape index (κ2) is 4.90. The molecule has 0 atom stereocenters. The van der Waals surface area contributed by atoms with Gasteiger partial charge >= 0.3 is 0 Å². The number of hydrogen-bond acceptors (Lipinski definition) is 4. The van der Waals surface area contributed by atoms with Crippen LogP contribution in [0.4, 0.5) is 0 Å². The van der Waals surface area contributed by atoms with E-state index in [4.69, 9.17) is 0 Å². The van der Waals surface area contributed by atoms with Crippen LogP contribution in [0.5, 0.6) is 0 Å². The van der Waals surface area contributed by atoms with Crippen molar-refractivity contribution in [1.82, 2.24) is 0 Å². The van der Waals surface area contributed by atoms with Crippen LogP contribution in [0, 0.1) is 10.1 Å². The Morgan fingerprint density at radius 3 is 2.63 bits per heavy atom. The Kier molecular flexibility index (Phi) is 3.60. The summed E-state index contributed by atoms with van der Waals surface area (Å²) in [6, 6.07) is 7.08. The van der Waals surface area contributed by atoms with Crippen molar-refractivity contribution in [3.05, 3.63) is 60.6 Å². The van der Waals surface area contributed by atoms with E-state index in [1.807, 2.05) is 6.07 Å². The van der Waals surface area contributed by atoms with Crippen molar-refractivity contribution in [3.63, 3.8) is 0 Å². The van der Waals surface area contributed by atoms with Crippen molar-refractivity contribution in [3.8, 4) is 0 Å². The average molecular weight is 344 g/mol. The maximum Gasteiger partial charge on any atom is 0.265 e. The molecule has 0 radical (unpaired) electrons. The molecule has 1 aromatic carbocycles. The Morgan fingerprint density at radius 2 is 2.11 bits per heavy atom. The molecule has 1 aliphatic heterocycles. The smallest absolute Gasteiger partial charge is 0.259 e. The lowest BCUT2D eigenvalue weighted by atomic mass is 10.1. The fourth-order valence-corrected chi connectivity index (χ4v) is 4.03. The van der Waals surface area contributed by atoms with Gasteiger partial charge in [-0.1, -0.05) is 28.1 Å². The molecule has 0 aliphatic carbocycles. The Bertz CT molecular complexity index is 719. The zero-order valence-corrected chi connectivity index (χ0v) is 12.4. The molecule has 1 aliphatic rings. The molecule has 19 heavy (non-hydrogen) atoms. The number of benzene rings is 1. The van der Waals surface area contributed by atoms with E-state index in [0.717, 1.165) is 4.47 Å². The lowest BCUT2D eigenvalue weighted by molar-refractivity contribution is -0.424. The zero-order valence-electron chi connectivity index (χ0n) is 9.96. The standard InChI is InChI=1S/C12H10BrNO4S/c1-8-11(14(15)16)7-19(17,18)12(8)6-9-3-2-4-10(13)5-9/h2-6H,7H2,1H3. The molecule has 0 unspecified atom stereocenters. The molecule has 5 nitrogen and oxygen atoms in total. The molecule has 2 rings (SSSR count). The number of halogens is 1. The van der Waals surface area contributed by atoms with Gasteiger partial charge in [-0.25, -0.2) is 8.42 Å². The highest BCUT2D eigenvalue weighted by atomic mass is 79.9. The summed E-state index contributed by atoms with van der Waals surface area (Å²) in [7, 11) is -3.61. The second-order valence-electron chi connectivity index (χ2n) is 4.15. The SMILES string of the molecule is CC1=C([N+](=O)[O-])CS(=O)(=O)C1=Cc1cccc(Br)c1. The summed E-state index contributed by atoms with van der Waals surface area (Å²) in [5.41, 5.74) is 0.642. The van der Waals surface area contributed by atoms with Crippen LogP contribution in [0.25, 0.3) is 6.08 Å². The molecule has 0 fully saturated rings. The normalized spacial score (nSPS) is 20.0. The summed E-state index contributed by atoms with van der Waals surface area (Å²) in [6.07, 6.45) is 1.46. The van der Waals surface area contributed by atoms with Gasteiger partial charge in [-0.2, -0.15) is 0 Å². The van der Waals surface area contributed by atoms with E-state index in [-0.39, 0.29) is 16.2 Å². The Hall–Kier alpha value is -1.47. The van der Waals surface area contributed by atoms with Crippen molar-refractivity contribution in [1.29, 1.82) is 0 Å². The monoisotopic (exact) mass is 343 g/mol. The van der Waals surface area contributed by atoms with Gasteiger partial charge in [0.25, 0.3) is 5.70 Å². The van der Waals surface area contributed by atoms with Crippen LogP contribution in [-0.2, 0) is 9.84 Å². The first-order chi connectivity index (χ1) is 8.81. The summed E-state index contributed by atoms with van der Waals surface area (Å²) in [5.74, 6) is -0.536. The van der Waals surface area contributed by atoms with Crippen molar-refractivity contribution >= 4 is 31.8 Å². The third-order valence-corrected chi connectivity index (χ3v) is 5.07. The van der Waals surface area contributed by atoms with Crippen molar-refractivity contribution in [2.75, 3.05) is 5.75 Å². The third-order valence-electron chi connectivity index (χ3n) is 2.83. The van der Waals surface area contributed by atoms with E-state index in [2.05, 4.69) is 15.9 Å². The number of hydrogen-bond donors (Lipinski definition) is 0. The lowest BCUT2D eigenvalue weighted by Crippen LogP contribution is -2.06. The number of allylic oxidation sites excluding steroid dienone is 1. The van der Waals surface area contributed by atoms with Crippen molar-refractivity contribution in [2.24, 2.45) is 0 Å². The first-order valence-electron chi connectivity index (χ1n) is 5.36. The fraction of sp³-hybridized carbons (Fsp3) is 0.167. The Balaban J connectivity index is 2.57. The van der Waals surface area contributed by atoms with Crippen LogP contribution in [-0.4, -0.2) is 19.1 Å². The van der Waals surface area contributed by atoms with E-state index in [0.29, 0.717) is 5.56 Å². The van der Waals surface area contributed by atoms with Crippen LogP contribution in [0.2, 0.25) is 0 Å². The van der Waals surface area contributed by atoms with Gasteiger partial charge in [0.05, 0.1) is 9.83 Å². The molecule has 0 bridgehead atoms. The summed E-state index contributed by atoms with van der Waals surface area (Å²) in [4.78, 5) is 10.2. The van der Waals surface area contributed by atoms with Gasteiger partial charge in [-0.05, 0) is 30.7 Å². The highest BCUT2D eigenvalue weighted by Crippen LogP contribution is 2.32. The van der Waals surface area contributed by atoms with Crippen LogP contribution in [0.15, 0.2) is 44.9 Å². The first-order valence-corrected chi connectivity index (χ1v) is 7.80. The predicted octanol–water partition coefficient (Wildman–Crippen LogP) is 2.77. The van der Waals surface area contributed by atoms with Gasteiger partial charge < -0.3 is 0 Å². The van der Waals surface area contributed by atoms with Crippen LogP contribution in [0.3, 0.4) is 0 Å². The number of rotatable bonds is 2. The second-order valence-corrected chi connectivity index (χ2v) is 7.03. The predicted molar refractivity (Wildman–Crippen MR) is 75.6 cm³/mol. The summed E-state index contributed by atoms with van der Waals surface area (Å²) in [5, 5.41) is 10.8. The number of nitrogens with zero attached hydrogens (tertiary/aromatic N) is 1. The molecule has 0 spiro atoms. The van der Waals surface area contributed by atoms with Gasteiger partial charge in [0.2, 0.25) is 0 Å². The molecule has 1 aromatic rings. The zero-order chi connectivity index (χ0) is 14.2. The first kappa shape index (κ1) is 14.0. The molecule has 0 saturated carbocycles. The molecule has 0 N–H and O–H groups in total. The topological polar surface area (TPSA) is 77.3 Å². The summed E-state index contributed by atoms with van der Waals surface area (Å²) >= 11 is 3.29. The molecule has 7 heteroatoms. The lowest BCUT2D eigenvalue weighted by Gasteiger charge is -2.00. The molecular weight excluding hydrogens is 334 g/mol. The number of nitro groups is 1. The third kappa shape index (κ3) is 2.76. The maximum absolute atomic E-state index is 12.0. The molecular formula is C12H10BrNO4S. The minimum absolute atomic E-state index is 0.0253. The highest BCUT2D eigenvalue weighted by molar-refractivity contribution is 9.10. The average Bonchev–Trinajstić information content (AvgIpc) is 2.53. The van der Waals surface area contributed by atoms with Gasteiger partial charge in [-0.15, -0.1) is 0 Å². The highest BCUT2D eigenvalue weighted by Gasteiger charge is 2.38. The van der Waals surface area contributed by atoms with E-state index >= 15 is 0 Å². The minimum atomic E-state index is -3.61. The summed E-state index contributed by atoms with van der Waals surface area (Å²) < 4.78 is 24.7. The van der Waals surface area contributed by atoms with E-state index in [1.165, 1.54) is 13.0 Å². The van der Waals surface area contributed by atoms with Gasteiger partial charge in [-0.3, -0.25) is 10.1 Å². The van der Waals surface area contributed by atoms with Crippen LogP contribution in [0.1, 0.15) is 12.5 Å². The van der Waals surface area contributed by atoms with Crippen LogP contribution >= 0.6 is 15.9 Å². The van der Waals surface area contributed by atoms with Crippen molar-refractivity contribution < 1.29 is 13.3 Å². The van der Waals surface area contributed by atoms with Crippen molar-refractivity contribution in [2.45, 2.75) is 6.92 Å².